The van der Waals surface area contributed by atoms with E-state index >= 15 is 0 Å². The van der Waals surface area contributed by atoms with Crippen molar-refractivity contribution in [3.63, 3.8) is 0 Å². The first-order valence-corrected chi connectivity index (χ1v) is 6.58. The summed E-state index contributed by atoms with van der Waals surface area (Å²) in [6.45, 7) is 3.97. The van der Waals surface area contributed by atoms with E-state index in [-0.39, 0.29) is 0 Å². The van der Waals surface area contributed by atoms with Crippen molar-refractivity contribution in [2.24, 2.45) is 0 Å². The summed E-state index contributed by atoms with van der Waals surface area (Å²) in [6.07, 6.45) is 4.86. The number of nitrogens with zero attached hydrogens (tertiary/aromatic N) is 2. The number of aryl methyl sites for hydroxylation is 1. The highest BCUT2D eigenvalue weighted by molar-refractivity contribution is 9.10. The van der Waals surface area contributed by atoms with Gasteiger partial charge in [-0.05, 0) is 18.2 Å². The Kier molecular flexibility index (Phi) is 4.20. The number of rotatable bonds is 5. The summed E-state index contributed by atoms with van der Waals surface area (Å²) < 4.78 is 3.28. The summed E-state index contributed by atoms with van der Waals surface area (Å²) in [6, 6.07) is 8.20. The molecule has 1 N–H and O–H groups in total. The van der Waals surface area contributed by atoms with Crippen LogP contribution in [0.4, 0.5) is 5.69 Å². The largest absolute Gasteiger partial charge is 0.383 e. The van der Waals surface area contributed by atoms with Crippen molar-refractivity contribution in [3.8, 4) is 0 Å². The number of nitrogens with one attached hydrogen (secondary N) is 1. The molecule has 4 heteroatoms. The second kappa shape index (κ2) is 5.87. The lowest BCUT2D eigenvalue weighted by Gasteiger charge is -2.09. The Morgan fingerprint density at radius 2 is 2.29 bits per heavy atom. The molecule has 0 amide bonds. The minimum atomic E-state index is 0.903. The van der Waals surface area contributed by atoms with Gasteiger partial charge in [-0.25, -0.2) is 4.98 Å². The smallest absolute Gasteiger partial charge is 0.108 e. The Morgan fingerprint density at radius 3 is 3.06 bits per heavy atom. The third-order valence-corrected chi connectivity index (χ3v) is 3.12. The quantitative estimate of drug-likeness (QED) is 0.916. The van der Waals surface area contributed by atoms with Crippen LogP contribution in [0.2, 0.25) is 0 Å². The average Bonchev–Trinajstić information content (AvgIpc) is 2.77. The highest BCUT2D eigenvalue weighted by Gasteiger charge is 1.99. The maximum atomic E-state index is 4.30. The molecule has 0 unspecified atom stereocenters. The molecule has 0 spiro atoms. The zero-order chi connectivity index (χ0) is 12.1. The average molecular weight is 294 g/mol. The van der Waals surface area contributed by atoms with E-state index in [1.165, 1.54) is 0 Å². The highest BCUT2D eigenvalue weighted by atomic mass is 79.9. The van der Waals surface area contributed by atoms with Gasteiger partial charge in [0, 0.05) is 42.1 Å². The summed E-state index contributed by atoms with van der Waals surface area (Å²) in [5.74, 6) is 1.14. The van der Waals surface area contributed by atoms with E-state index in [1.54, 1.807) is 0 Å². The van der Waals surface area contributed by atoms with Gasteiger partial charge in [-0.15, -0.1) is 0 Å². The number of aromatic nitrogens is 2. The van der Waals surface area contributed by atoms with Gasteiger partial charge in [0.05, 0.1) is 0 Å². The van der Waals surface area contributed by atoms with Gasteiger partial charge in [0.2, 0.25) is 0 Å². The van der Waals surface area contributed by atoms with E-state index in [9.17, 15) is 0 Å². The van der Waals surface area contributed by atoms with Gasteiger partial charge >= 0.3 is 0 Å². The van der Waals surface area contributed by atoms with Crippen molar-refractivity contribution in [1.29, 1.82) is 0 Å². The van der Waals surface area contributed by atoms with Gasteiger partial charge in [-0.1, -0.05) is 28.9 Å². The molecule has 0 saturated heterocycles. The molecule has 0 fully saturated rings. The molecular weight excluding hydrogens is 278 g/mol. The lowest BCUT2D eigenvalue weighted by molar-refractivity contribution is 0.681. The number of halogens is 1. The fourth-order valence-electron chi connectivity index (χ4n) is 1.78. The van der Waals surface area contributed by atoms with Crippen molar-refractivity contribution in [2.75, 3.05) is 11.9 Å². The number of hydrogen-bond acceptors (Lipinski definition) is 2. The molecule has 90 valence electrons. The van der Waals surface area contributed by atoms with E-state index in [0.717, 1.165) is 35.5 Å². The fraction of sp³-hybridized carbons (Fsp3) is 0.308. The molecule has 1 aromatic carbocycles. The van der Waals surface area contributed by atoms with Crippen LogP contribution in [-0.2, 0) is 13.0 Å². The number of imidazole rings is 1. The second-order valence-corrected chi connectivity index (χ2v) is 4.74. The van der Waals surface area contributed by atoms with Crippen LogP contribution in [-0.4, -0.2) is 16.1 Å². The van der Waals surface area contributed by atoms with Crippen LogP contribution in [0.3, 0.4) is 0 Å². The maximum Gasteiger partial charge on any atom is 0.108 e. The number of anilines is 1. The predicted molar refractivity (Wildman–Crippen MR) is 74.2 cm³/mol. The van der Waals surface area contributed by atoms with Crippen LogP contribution in [0.15, 0.2) is 41.1 Å². The topological polar surface area (TPSA) is 29.9 Å². The number of hydrogen-bond donors (Lipinski definition) is 1. The first kappa shape index (κ1) is 12.2. The van der Waals surface area contributed by atoms with Crippen molar-refractivity contribution in [1.82, 2.24) is 9.55 Å². The van der Waals surface area contributed by atoms with Gasteiger partial charge in [-0.3, -0.25) is 0 Å². The van der Waals surface area contributed by atoms with E-state index in [1.807, 2.05) is 24.5 Å². The zero-order valence-corrected chi connectivity index (χ0v) is 11.4. The molecule has 0 bridgehead atoms. The van der Waals surface area contributed by atoms with Crippen molar-refractivity contribution < 1.29 is 0 Å². The molecule has 0 aliphatic rings. The third kappa shape index (κ3) is 3.33. The van der Waals surface area contributed by atoms with Gasteiger partial charge in [0.25, 0.3) is 0 Å². The Labute approximate surface area is 110 Å². The van der Waals surface area contributed by atoms with Crippen LogP contribution in [0.25, 0.3) is 0 Å². The van der Waals surface area contributed by atoms with E-state index in [2.05, 4.69) is 49.9 Å². The first-order valence-electron chi connectivity index (χ1n) is 5.79. The van der Waals surface area contributed by atoms with E-state index in [0.29, 0.717) is 0 Å². The monoisotopic (exact) mass is 293 g/mol. The van der Waals surface area contributed by atoms with Gasteiger partial charge in [0.1, 0.15) is 5.82 Å². The predicted octanol–water partition coefficient (Wildman–Crippen LogP) is 3.32. The Hall–Kier alpha value is -1.29. The Morgan fingerprint density at radius 1 is 1.41 bits per heavy atom. The number of benzene rings is 1. The molecule has 1 aromatic heterocycles. The van der Waals surface area contributed by atoms with Crippen molar-refractivity contribution in [2.45, 2.75) is 19.9 Å². The third-order valence-electron chi connectivity index (χ3n) is 2.62. The van der Waals surface area contributed by atoms with Crippen LogP contribution >= 0.6 is 15.9 Å². The molecule has 0 aliphatic heterocycles. The molecule has 2 aromatic rings. The summed E-state index contributed by atoms with van der Waals surface area (Å²) in [7, 11) is 0. The maximum absolute atomic E-state index is 4.30. The second-order valence-electron chi connectivity index (χ2n) is 3.83. The standard InChI is InChI=1S/C13H16BrN3/c1-2-13-16-7-9-17(13)8-6-15-12-5-3-4-11(14)10-12/h3-5,7,9-10,15H,2,6,8H2,1H3. The van der Waals surface area contributed by atoms with Crippen LogP contribution in [0.1, 0.15) is 12.7 Å². The highest BCUT2D eigenvalue weighted by Crippen LogP contribution is 2.15. The zero-order valence-electron chi connectivity index (χ0n) is 9.86. The molecule has 0 aliphatic carbocycles. The normalized spacial score (nSPS) is 10.5. The molecule has 0 atom stereocenters. The SMILES string of the molecule is CCc1nccn1CCNc1cccc(Br)c1. The molecule has 17 heavy (non-hydrogen) atoms. The fourth-order valence-corrected chi connectivity index (χ4v) is 2.18. The van der Waals surface area contributed by atoms with Crippen LogP contribution < -0.4 is 5.32 Å². The van der Waals surface area contributed by atoms with Gasteiger partial charge < -0.3 is 9.88 Å². The molecule has 2 rings (SSSR count). The first-order chi connectivity index (χ1) is 8.29. The summed E-state index contributed by atoms with van der Waals surface area (Å²) in [4.78, 5) is 4.30. The summed E-state index contributed by atoms with van der Waals surface area (Å²) in [5.41, 5.74) is 1.14. The Bertz CT molecular complexity index is 479. The minimum absolute atomic E-state index is 0.903. The van der Waals surface area contributed by atoms with Gasteiger partial charge in [0.15, 0.2) is 0 Å². The van der Waals surface area contributed by atoms with E-state index in [4.69, 9.17) is 0 Å². The van der Waals surface area contributed by atoms with Crippen molar-refractivity contribution >= 4 is 21.6 Å². The molecule has 0 saturated carbocycles. The molecule has 0 radical (unpaired) electrons. The lowest BCUT2D eigenvalue weighted by Crippen LogP contribution is -2.12. The Balaban J connectivity index is 1.87. The molecule has 1 heterocycles. The minimum Gasteiger partial charge on any atom is -0.383 e. The summed E-state index contributed by atoms with van der Waals surface area (Å²) >= 11 is 3.46. The van der Waals surface area contributed by atoms with E-state index < -0.39 is 0 Å². The summed E-state index contributed by atoms with van der Waals surface area (Å²) in [5, 5.41) is 3.40. The van der Waals surface area contributed by atoms with Crippen molar-refractivity contribution in [3.05, 3.63) is 47.0 Å². The van der Waals surface area contributed by atoms with Crippen LogP contribution in [0.5, 0.6) is 0 Å². The van der Waals surface area contributed by atoms with Crippen LogP contribution in [0, 0.1) is 0 Å². The molecular formula is C13H16BrN3. The van der Waals surface area contributed by atoms with Gasteiger partial charge in [-0.2, -0.15) is 0 Å². The lowest BCUT2D eigenvalue weighted by atomic mass is 10.3. The molecule has 3 nitrogen and oxygen atoms in total.